The van der Waals surface area contributed by atoms with Gasteiger partial charge in [-0.1, -0.05) is 18.2 Å². The van der Waals surface area contributed by atoms with E-state index < -0.39 is 11.9 Å². The second-order valence-corrected chi connectivity index (χ2v) is 11.6. The first kappa shape index (κ1) is 29.0. The van der Waals surface area contributed by atoms with Gasteiger partial charge in [-0.05, 0) is 56.5 Å². The van der Waals surface area contributed by atoms with E-state index in [1.54, 1.807) is 19.2 Å². The van der Waals surface area contributed by atoms with Crippen LogP contribution in [0.2, 0.25) is 0 Å². The van der Waals surface area contributed by atoms with Crippen molar-refractivity contribution in [2.24, 2.45) is 0 Å². The Bertz CT molecular complexity index is 1390. The van der Waals surface area contributed by atoms with Crippen LogP contribution in [-0.4, -0.2) is 103 Å². The molecule has 3 saturated heterocycles. The molecule has 11 heteroatoms. The van der Waals surface area contributed by atoms with E-state index in [0.717, 1.165) is 62.4 Å². The number of para-hydroxylation sites is 2. The predicted molar refractivity (Wildman–Crippen MR) is 159 cm³/mol. The van der Waals surface area contributed by atoms with Gasteiger partial charge in [0.2, 0.25) is 17.7 Å². The second-order valence-electron chi connectivity index (χ2n) is 11.6. The third-order valence-electron chi connectivity index (χ3n) is 9.05. The van der Waals surface area contributed by atoms with Crippen molar-refractivity contribution in [3.63, 3.8) is 0 Å². The summed E-state index contributed by atoms with van der Waals surface area (Å²) in [7, 11) is 1.68. The number of amides is 4. The summed E-state index contributed by atoms with van der Waals surface area (Å²) < 4.78 is 11.7. The molecule has 2 aromatic rings. The van der Waals surface area contributed by atoms with Gasteiger partial charge < -0.3 is 24.2 Å². The van der Waals surface area contributed by atoms with Gasteiger partial charge in [-0.3, -0.25) is 29.4 Å². The first-order chi connectivity index (χ1) is 20.9. The fourth-order valence-corrected chi connectivity index (χ4v) is 6.79. The lowest BCUT2D eigenvalue weighted by molar-refractivity contribution is -0.137. The first-order valence-electron chi connectivity index (χ1n) is 15.2. The van der Waals surface area contributed by atoms with E-state index in [1.165, 1.54) is 4.90 Å². The van der Waals surface area contributed by atoms with Crippen LogP contribution in [0, 0.1) is 0 Å². The van der Waals surface area contributed by atoms with E-state index in [1.807, 2.05) is 29.2 Å². The average molecular weight is 590 g/mol. The molecule has 0 aliphatic carbocycles. The van der Waals surface area contributed by atoms with Crippen LogP contribution < -0.4 is 19.7 Å². The highest BCUT2D eigenvalue weighted by molar-refractivity contribution is 6.05. The lowest BCUT2D eigenvalue weighted by Crippen LogP contribution is -2.54. The number of anilines is 1. The van der Waals surface area contributed by atoms with Crippen molar-refractivity contribution >= 4 is 29.3 Å². The molecule has 0 radical (unpaired) electrons. The Hall–Kier alpha value is -4.12. The van der Waals surface area contributed by atoms with E-state index in [-0.39, 0.29) is 36.7 Å². The number of piperazine rings is 1. The Balaban J connectivity index is 0.992. The molecule has 11 nitrogen and oxygen atoms in total. The van der Waals surface area contributed by atoms with Gasteiger partial charge >= 0.3 is 0 Å². The third kappa shape index (κ3) is 5.90. The summed E-state index contributed by atoms with van der Waals surface area (Å²) >= 11 is 0. The number of imide groups is 1. The average Bonchev–Trinajstić information content (AvgIpc) is 3.64. The molecular formula is C32H39N5O6. The fourth-order valence-electron chi connectivity index (χ4n) is 6.79. The number of likely N-dealkylation sites (tertiary alicyclic amines) is 1. The van der Waals surface area contributed by atoms with Crippen molar-refractivity contribution in [3.05, 3.63) is 53.6 Å². The molecular weight excluding hydrogens is 550 g/mol. The minimum atomic E-state index is -0.653. The number of rotatable bonds is 9. The van der Waals surface area contributed by atoms with Gasteiger partial charge in [-0.2, -0.15) is 0 Å². The van der Waals surface area contributed by atoms with Crippen LogP contribution in [0.4, 0.5) is 5.69 Å². The zero-order chi connectivity index (χ0) is 29.9. The highest BCUT2D eigenvalue weighted by Crippen LogP contribution is 2.34. The molecule has 0 saturated carbocycles. The molecule has 1 N–H and O–H groups in total. The number of methoxy groups -OCH3 is 1. The van der Waals surface area contributed by atoms with E-state index in [2.05, 4.69) is 21.2 Å². The molecule has 2 atom stereocenters. The molecule has 228 valence electrons. The van der Waals surface area contributed by atoms with E-state index >= 15 is 0 Å². The smallest absolute Gasteiger partial charge is 0.255 e. The minimum Gasteiger partial charge on any atom is -0.495 e. The fraction of sp³-hybridized carbons (Fsp3) is 0.500. The topological polar surface area (TPSA) is 112 Å². The number of carbonyl (C=O) groups excluding carboxylic acids is 4. The van der Waals surface area contributed by atoms with Crippen LogP contribution in [0.5, 0.6) is 11.5 Å². The maximum atomic E-state index is 13.5. The number of carbonyl (C=O) groups is 4. The molecule has 4 aliphatic rings. The molecule has 2 unspecified atom stereocenters. The van der Waals surface area contributed by atoms with Crippen molar-refractivity contribution < 1.29 is 28.7 Å². The SMILES string of the molecule is COc1ccccc1N1CCN(C(=O)C2CCCN2CCCOc2cccc3c2CN(C2CCC(=O)NC2=O)C3=O)CC1. The summed E-state index contributed by atoms with van der Waals surface area (Å²) in [6.07, 6.45) is 3.17. The minimum absolute atomic E-state index is 0.0986. The number of nitrogens with one attached hydrogen (secondary N) is 1. The largest absolute Gasteiger partial charge is 0.495 e. The van der Waals surface area contributed by atoms with Crippen molar-refractivity contribution in [1.82, 2.24) is 20.0 Å². The summed E-state index contributed by atoms with van der Waals surface area (Å²) in [5.74, 6) is 0.770. The van der Waals surface area contributed by atoms with Crippen LogP contribution in [0.25, 0.3) is 0 Å². The quantitative estimate of drug-likeness (QED) is 0.350. The standard InChI is InChI=1S/C32H39N5O6/c1-42-28-10-3-2-8-24(28)35-16-18-36(19-17-35)32(41)26-9-5-14-34(26)15-6-20-43-27-11-4-7-22-23(27)21-37(31(22)40)25-12-13-29(38)33-30(25)39/h2-4,7-8,10-11,25-26H,5-6,9,12-21H2,1H3,(H,33,38,39). The lowest BCUT2D eigenvalue weighted by Gasteiger charge is -2.38. The number of benzene rings is 2. The monoisotopic (exact) mass is 589 g/mol. The molecule has 43 heavy (non-hydrogen) atoms. The Morgan fingerprint density at radius 1 is 0.953 bits per heavy atom. The van der Waals surface area contributed by atoms with Crippen LogP contribution in [0.1, 0.15) is 48.0 Å². The Morgan fingerprint density at radius 3 is 2.53 bits per heavy atom. The lowest BCUT2D eigenvalue weighted by atomic mass is 10.0. The highest BCUT2D eigenvalue weighted by Gasteiger charge is 2.40. The van der Waals surface area contributed by atoms with Gasteiger partial charge in [0.05, 0.1) is 32.0 Å². The molecule has 4 aliphatic heterocycles. The Kier molecular flexibility index (Phi) is 8.51. The zero-order valence-electron chi connectivity index (χ0n) is 24.6. The molecule has 4 amide bonds. The van der Waals surface area contributed by atoms with Gasteiger partial charge in [0.25, 0.3) is 5.91 Å². The third-order valence-corrected chi connectivity index (χ3v) is 9.05. The van der Waals surface area contributed by atoms with E-state index in [0.29, 0.717) is 37.4 Å². The van der Waals surface area contributed by atoms with Crippen LogP contribution in [0.15, 0.2) is 42.5 Å². The molecule has 6 rings (SSSR count). The summed E-state index contributed by atoms with van der Waals surface area (Å²) in [5, 5.41) is 2.34. The molecule has 2 aromatic carbocycles. The maximum absolute atomic E-state index is 13.5. The normalized spacial score (nSPS) is 22.5. The number of hydrogen-bond acceptors (Lipinski definition) is 8. The van der Waals surface area contributed by atoms with E-state index in [4.69, 9.17) is 9.47 Å². The summed E-state index contributed by atoms with van der Waals surface area (Å²) in [4.78, 5) is 58.7. The highest BCUT2D eigenvalue weighted by atomic mass is 16.5. The van der Waals surface area contributed by atoms with Gasteiger partial charge in [-0.15, -0.1) is 0 Å². The molecule has 3 fully saturated rings. The molecule has 0 spiro atoms. The van der Waals surface area contributed by atoms with Crippen LogP contribution in [0.3, 0.4) is 0 Å². The second kappa shape index (κ2) is 12.6. The predicted octanol–water partition coefficient (Wildman–Crippen LogP) is 2.04. The summed E-state index contributed by atoms with van der Waals surface area (Å²) in [5.41, 5.74) is 2.38. The first-order valence-corrected chi connectivity index (χ1v) is 15.2. The molecule has 4 heterocycles. The summed E-state index contributed by atoms with van der Waals surface area (Å²) in [6, 6.07) is 12.7. The Labute approximate surface area is 251 Å². The number of hydrogen-bond donors (Lipinski definition) is 1. The zero-order valence-corrected chi connectivity index (χ0v) is 24.6. The van der Waals surface area contributed by atoms with Crippen molar-refractivity contribution in [2.75, 3.05) is 57.9 Å². The van der Waals surface area contributed by atoms with Crippen molar-refractivity contribution in [3.8, 4) is 11.5 Å². The van der Waals surface area contributed by atoms with E-state index in [9.17, 15) is 19.2 Å². The maximum Gasteiger partial charge on any atom is 0.255 e. The van der Waals surface area contributed by atoms with Gasteiger partial charge in [-0.25, -0.2) is 0 Å². The number of fused-ring (bicyclic) bond motifs is 1. The number of nitrogens with zero attached hydrogens (tertiary/aromatic N) is 4. The van der Waals surface area contributed by atoms with Gasteiger partial charge in [0.1, 0.15) is 17.5 Å². The number of ether oxygens (including phenoxy) is 2. The molecule has 0 aromatic heterocycles. The summed E-state index contributed by atoms with van der Waals surface area (Å²) in [6.45, 7) is 5.33. The van der Waals surface area contributed by atoms with Crippen LogP contribution in [-0.2, 0) is 20.9 Å². The van der Waals surface area contributed by atoms with Gasteiger partial charge in [0.15, 0.2) is 0 Å². The van der Waals surface area contributed by atoms with Gasteiger partial charge in [0, 0.05) is 50.3 Å². The number of piperidine rings is 1. The van der Waals surface area contributed by atoms with Crippen LogP contribution >= 0.6 is 0 Å². The van der Waals surface area contributed by atoms with Crippen molar-refractivity contribution in [1.29, 1.82) is 0 Å². The van der Waals surface area contributed by atoms with Crippen molar-refractivity contribution in [2.45, 2.75) is 50.7 Å². The Morgan fingerprint density at radius 2 is 1.74 bits per heavy atom. The molecule has 0 bridgehead atoms.